The van der Waals surface area contributed by atoms with Crippen molar-refractivity contribution >= 4 is 33.4 Å². The number of carbonyl (C=O) groups excluding carboxylic acids is 1. The molecule has 7 nitrogen and oxygen atoms in total. The molecule has 9 heteroatoms. The van der Waals surface area contributed by atoms with Gasteiger partial charge in [0.1, 0.15) is 16.4 Å². The molecular weight excluding hydrogens is 424 g/mol. The Hall–Kier alpha value is -2.23. The molecule has 0 radical (unpaired) electrons. The minimum Gasteiger partial charge on any atom is -0.497 e. The monoisotopic (exact) mass is 450 g/mol. The van der Waals surface area contributed by atoms with Gasteiger partial charge in [-0.1, -0.05) is 6.07 Å². The second-order valence-electron chi connectivity index (χ2n) is 6.94. The molecule has 1 amide bonds. The van der Waals surface area contributed by atoms with Crippen molar-refractivity contribution in [3.8, 4) is 11.5 Å². The number of nitrogens with zero attached hydrogens (tertiary/aromatic N) is 1. The summed E-state index contributed by atoms with van der Waals surface area (Å²) >= 11 is 1.59. The van der Waals surface area contributed by atoms with Gasteiger partial charge in [0.15, 0.2) is 0 Å². The van der Waals surface area contributed by atoms with Gasteiger partial charge in [0.05, 0.1) is 20.1 Å². The number of piperidine rings is 1. The first kappa shape index (κ1) is 22.5. The molecule has 3 rings (SSSR count). The third-order valence-electron chi connectivity index (χ3n) is 5.08. The molecular formula is C21H26N2O5S2. The van der Waals surface area contributed by atoms with Crippen LogP contribution in [0.1, 0.15) is 12.8 Å². The maximum Gasteiger partial charge on any atom is 0.246 e. The maximum absolute atomic E-state index is 13.3. The number of thioether (sulfide) groups is 1. The number of nitrogens with one attached hydrogen (secondary N) is 1. The SMILES string of the molecule is COc1ccc(OC)c(S(=O)(=O)N2CCCC(C(=O)Nc3cccc(SC)c3)C2)c1. The van der Waals surface area contributed by atoms with Crippen molar-refractivity contribution < 1.29 is 22.7 Å². The molecule has 1 fully saturated rings. The first-order chi connectivity index (χ1) is 14.4. The van der Waals surface area contributed by atoms with Gasteiger partial charge in [-0.3, -0.25) is 4.79 Å². The third-order valence-corrected chi connectivity index (χ3v) is 7.69. The van der Waals surface area contributed by atoms with Crippen LogP contribution in [0.4, 0.5) is 5.69 Å². The summed E-state index contributed by atoms with van der Waals surface area (Å²) in [5.74, 6) is 0.0689. The van der Waals surface area contributed by atoms with Crippen LogP contribution in [-0.4, -0.2) is 52.2 Å². The van der Waals surface area contributed by atoms with E-state index in [1.807, 2.05) is 30.5 Å². The Balaban J connectivity index is 1.79. The molecule has 1 saturated heterocycles. The highest BCUT2D eigenvalue weighted by Gasteiger charge is 2.35. The molecule has 2 aromatic rings. The summed E-state index contributed by atoms with van der Waals surface area (Å²) < 4.78 is 38.4. The van der Waals surface area contributed by atoms with Gasteiger partial charge in [-0.25, -0.2) is 8.42 Å². The normalized spacial score (nSPS) is 17.4. The molecule has 1 atom stereocenters. The fourth-order valence-electron chi connectivity index (χ4n) is 3.44. The minimum absolute atomic E-state index is 0.0399. The first-order valence-corrected chi connectivity index (χ1v) is 12.2. The highest BCUT2D eigenvalue weighted by atomic mass is 32.2. The molecule has 1 unspecified atom stereocenters. The van der Waals surface area contributed by atoms with Gasteiger partial charge in [-0.2, -0.15) is 4.31 Å². The molecule has 1 aliphatic heterocycles. The Morgan fingerprint density at radius 2 is 1.97 bits per heavy atom. The number of anilines is 1. The summed E-state index contributed by atoms with van der Waals surface area (Å²) in [6, 6.07) is 12.2. The van der Waals surface area contributed by atoms with Crippen molar-refractivity contribution in [2.45, 2.75) is 22.6 Å². The van der Waals surface area contributed by atoms with E-state index in [1.165, 1.54) is 24.6 Å². The smallest absolute Gasteiger partial charge is 0.246 e. The van der Waals surface area contributed by atoms with Crippen LogP contribution in [0.25, 0.3) is 0 Å². The van der Waals surface area contributed by atoms with Gasteiger partial charge >= 0.3 is 0 Å². The second kappa shape index (κ2) is 9.72. The summed E-state index contributed by atoms with van der Waals surface area (Å²) in [6.07, 6.45) is 3.21. The van der Waals surface area contributed by atoms with Crippen LogP contribution in [0.2, 0.25) is 0 Å². The van der Waals surface area contributed by atoms with E-state index in [-0.39, 0.29) is 23.1 Å². The van der Waals surface area contributed by atoms with Crippen LogP contribution < -0.4 is 14.8 Å². The number of benzene rings is 2. The number of hydrogen-bond acceptors (Lipinski definition) is 6. The second-order valence-corrected chi connectivity index (χ2v) is 9.73. The van der Waals surface area contributed by atoms with Gasteiger partial charge < -0.3 is 14.8 Å². The zero-order valence-corrected chi connectivity index (χ0v) is 18.9. The first-order valence-electron chi connectivity index (χ1n) is 9.56. The van der Waals surface area contributed by atoms with Crippen molar-refractivity contribution in [2.75, 3.05) is 38.9 Å². The summed E-state index contributed by atoms with van der Waals surface area (Å²) in [7, 11) is -0.938. The number of amides is 1. The van der Waals surface area contributed by atoms with Crippen LogP contribution in [0.15, 0.2) is 52.3 Å². The van der Waals surface area contributed by atoms with E-state index >= 15 is 0 Å². The molecule has 30 heavy (non-hydrogen) atoms. The molecule has 0 bridgehead atoms. The zero-order valence-electron chi connectivity index (χ0n) is 17.3. The number of carbonyl (C=O) groups is 1. The van der Waals surface area contributed by atoms with Crippen molar-refractivity contribution in [1.29, 1.82) is 0 Å². The van der Waals surface area contributed by atoms with E-state index in [0.717, 1.165) is 4.90 Å². The Kier molecular flexibility index (Phi) is 7.27. The topological polar surface area (TPSA) is 84.9 Å². The lowest BCUT2D eigenvalue weighted by Crippen LogP contribution is -2.43. The fraction of sp³-hybridized carbons (Fsp3) is 0.381. The molecule has 1 N–H and O–H groups in total. The molecule has 1 aliphatic rings. The van der Waals surface area contributed by atoms with Crippen LogP contribution in [0.5, 0.6) is 11.5 Å². The average molecular weight is 451 g/mol. The molecule has 2 aromatic carbocycles. The lowest BCUT2D eigenvalue weighted by Gasteiger charge is -2.31. The number of rotatable bonds is 7. The van der Waals surface area contributed by atoms with Crippen LogP contribution >= 0.6 is 11.8 Å². The van der Waals surface area contributed by atoms with Crippen molar-refractivity contribution in [2.24, 2.45) is 5.92 Å². The predicted molar refractivity (Wildman–Crippen MR) is 118 cm³/mol. The summed E-state index contributed by atoms with van der Waals surface area (Å²) in [5.41, 5.74) is 0.710. The quantitative estimate of drug-likeness (QED) is 0.651. The van der Waals surface area contributed by atoms with E-state index in [4.69, 9.17) is 9.47 Å². The van der Waals surface area contributed by atoms with E-state index < -0.39 is 15.9 Å². The van der Waals surface area contributed by atoms with Gasteiger partial charge in [0.2, 0.25) is 15.9 Å². The summed E-state index contributed by atoms with van der Waals surface area (Å²) in [6.45, 7) is 0.477. The van der Waals surface area contributed by atoms with Gasteiger partial charge in [0.25, 0.3) is 0 Å². The highest BCUT2D eigenvalue weighted by Crippen LogP contribution is 2.33. The van der Waals surface area contributed by atoms with E-state index in [9.17, 15) is 13.2 Å². The van der Waals surface area contributed by atoms with Gasteiger partial charge in [0, 0.05) is 29.7 Å². The number of sulfonamides is 1. The molecule has 0 spiro atoms. The van der Waals surface area contributed by atoms with Gasteiger partial charge in [-0.15, -0.1) is 11.8 Å². The van der Waals surface area contributed by atoms with Crippen molar-refractivity contribution in [3.05, 3.63) is 42.5 Å². The van der Waals surface area contributed by atoms with Crippen LogP contribution in [0, 0.1) is 5.92 Å². The molecule has 162 valence electrons. The molecule has 1 heterocycles. The Bertz CT molecular complexity index is 1010. The summed E-state index contributed by atoms with van der Waals surface area (Å²) in [5, 5.41) is 2.92. The standard InChI is InChI=1S/C21H26N2O5S2/c1-27-17-9-10-19(28-2)20(13-17)30(25,26)23-11-5-6-15(14-23)21(24)22-16-7-4-8-18(12-16)29-3/h4,7-10,12-13,15H,5-6,11,14H2,1-3H3,(H,22,24). The van der Waals surface area contributed by atoms with Crippen LogP contribution in [-0.2, 0) is 14.8 Å². The van der Waals surface area contributed by atoms with Crippen LogP contribution in [0.3, 0.4) is 0 Å². The average Bonchev–Trinajstić information content (AvgIpc) is 2.78. The third kappa shape index (κ3) is 4.91. The number of methoxy groups -OCH3 is 2. The van der Waals surface area contributed by atoms with Crippen molar-refractivity contribution in [1.82, 2.24) is 4.31 Å². The number of hydrogen-bond donors (Lipinski definition) is 1. The van der Waals surface area contributed by atoms with Gasteiger partial charge in [-0.05, 0) is 49.4 Å². The van der Waals surface area contributed by atoms with Crippen molar-refractivity contribution in [3.63, 3.8) is 0 Å². The Morgan fingerprint density at radius 1 is 1.17 bits per heavy atom. The largest absolute Gasteiger partial charge is 0.497 e. The Morgan fingerprint density at radius 3 is 2.67 bits per heavy atom. The van der Waals surface area contributed by atoms with E-state index in [0.29, 0.717) is 30.8 Å². The molecule has 0 saturated carbocycles. The lowest BCUT2D eigenvalue weighted by atomic mass is 9.99. The predicted octanol–water partition coefficient (Wildman–Crippen LogP) is 3.47. The Labute approximate surface area is 181 Å². The highest BCUT2D eigenvalue weighted by molar-refractivity contribution is 7.98. The molecule has 0 aromatic heterocycles. The lowest BCUT2D eigenvalue weighted by molar-refractivity contribution is -0.120. The number of ether oxygens (including phenoxy) is 2. The minimum atomic E-state index is -3.84. The zero-order chi connectivity index (χ0) is 21.7. The maximum atomic E-state index is 13.3. The summed E-state index contributed by atoms with van der Waals surface area (Å²) in [4.78, 5) is 13.9. The van der Waals surface area contributed by atoms with E-state index in [1.54, 1.807) is 23.9 Å². The van der Waals surface area contributed by atoms with E-state index in [2.05, 4.69) is 5.32 Å². The molecule has 0 aliphatic carbocycles. The fourth-order valence-corrected chi connectivity index (χ4v) is 5.60.